The molecule has 0 amide bonds. The van der Waals surface area contributed by atoms with E-state index in [1.165, 1.54) is 30.4 Å². The summed E-state index contributed by atoms with van der Waals surface area (Å²) in [5.74, 6) is 0.986. The van der Waals surface area contributed by atoms with Crippen LogP contribution in [0.25, 0.3) is 0 Å². The second kappa shape index (κ2) is 7.51. The molecule has 3 nitrogen and oxygen atoms in total. The van der Waals surface area contributed by atoms with Gasteiger partial charge >= 0.3 is 0 Å². The summed E-state index contributed by atoms with van der Waals surface area (Å²) in [7, 11) is 1.73. The molecule has 1 N–H and O–H groups in total. The van der Waals surface area contributed by atoms with E-state index in [2.05, 4.69) is 30.4 Å². The number of methoxy groups -OCH3 is 1. The quantitative estimate of drug-likeness (QED) is 0.782. The lowest BCUT2D eigenvalue weighted by atomic mass is 10.1. The summed E-state index contributed by atoms with van der Waals surface area (Å²) >= 11 is 0. The molecule has 1 aromatic carbocycles. The summed E-state index contributed by atoms with van der Waals surface area (Å²) in [6.45, 7) is 4.51. The molecule has 2 rings (SSSR count). The van der Waals surface area contributed by atoms with Gasteiger partial charge in [0, 0.05) is 7.11 Å². The Balaban J connectivity index is 1.85. The summed E-state index contributed by atoms with van der Waals surface area (Å²) in [6, 6.07) is 6.76. The number of benzene rings is 1. The maximum atomic E-state index is 5.90. The van der Waals surface area contributed by atoms with Crippen LogP contribution >= 0.6 is 0 Å². The number of rotatable bonds is 8. The minimum atomic E-state index is 0.262. The summed E-state index contributed by atoms with van der Waals surface area (Å²) in [5.41, 5.74) is 2.95. The van der Waals surface area contributed by atoms with E-state index in [4.69, 9.17) is 9.47 Å². The largest absolute Gasteiger partial charge is 0.492 e. The Kier molecular flexibility index (Phi) is 5.67. The van der Waals surface area contributed by atoms with Crippen LogP contribution in [0.4, 0.5) is 0 Å². The number of aryl methyl sites for hydroxylation is 2. The van der Waals surface area contributed by atoms with Gasteiger partial charge in [-0.3, -0.25) is 0 Å². The van der Waals surface area contributed by atoms with Gasteiger partial charge in [-0.25, -0.2) is 0 Å². The third-order valence-corrected chi connectivity index (χ3v) is 3.57. The molecule has 1 atom stereocenters. The average molecular weight is 263 g/mol. The van der Waals surface area contributed by atoms with E-state index in [1.54, 1.807) is 7.11 Å². The molecule has 0 aliphatic heterocycles. The maximum Gasteiger partial charge on any atom is 0.119 e. The fourth-order valence-corrected chi connectivity index (χ4v) is 2.55. The summed E-state index contributed by atoms with van der Waals surface area (Å²) < 4.78 is 11.1. The lowest BCUT2D eigenvalue weighted by molar-refractivity contribution is 0.136. The van der Waals surface area contributed by atoms with Crippen molar-refractivity contribution >= 4 is 0 Å². The molecule has 0 aromatic heterocycles. The van der Waals surface area contributed by atoms with Crippen molar-refractivity contribution in [2.24, 2.45) is 0 Å². The zero-order valence-electron chi connectivity index (χ0n) is 12.1. The average Bonchev–Trinajstić information content (AvgIpc) is 2.89. The van der Waals surface area contributed by atoms with E-state index in [0.717, 1.165) is 18.7 Å². The highest BCUT2D eigenvalue weighted by Gasteiger charge is 2.12. The lowest BCUT2D eigenvalue weighted by Gasteiger charge is -2.18. The standard InChI is InChI=1S/C16H25NO2/c1-3-9-17-15(11-18-2)12-19-16-8-7-13-5-4-6-14(13)10-16/h7-8,10,15,17H,3-6,9,11-12H2,1-2H3. The molecule has 0 saturated heterocycles. The monoisotopic (exact) mass is 263 g/mol. The van der Waals surface area contributed by atoms with Crippen molar-refractivity contribution in [3.05, 3.63) is 29.3 Å². The molecule has 0 heterocycles. The van der Waals surface area contributed by atoms with Crippen LogP contribution in [-0.4, -0.2) is 32.9 Å². The van der Waals surface area contributed by atoms with E-state index < -0.39 is 0 Å². The Hall–Kier alpha value is -1.06. The number of hydrogen-bond donors (Lipinski definition) is 1. The molecule has 0 fully saturated rings. The van der Waals surface area contributed by atoms with E-state index in [0.29, 0.717) is 13.2 Å². The topological polar surface area (TPSA) is 30.5 Å². The van der Waals surface area contributed by atoms with Crippen LogP contribution in [0.5, 0.6) is 5.75 Å². The Bertz CT molecular complexity index is 392. The van der Waals surface area contributed by atoms with Crippen molar-refractivity contribution < 1.29 is 9.47 Å². The lowest BCUT2D eigenvalue weighted by Crippen LogP contribution is -2.38. The van der Waals surface area contributed by atoms with Gasteiger partial charge in [-0.1, -0.05) is 13.0 Å². The van der Waals surface area contributed by atoms with E-state index in [1.807, 2.05) is 0 Å². The molecule has 0 saturated carbocycles. The van der Waals surface area contributed by atoms with Gasteiger partial charge in [-0.05, 0) is 55.5 Å². The van der Waals surface area contributed by atoms with Gasteiger partial charge < -0.3 is 14.8 Å². The molecule has 0 spiro atoms. The molecule has 1 aliphatic rings. The Labute approximate surface area is 116 Å². The fraction of sp³-hybridized carbons (Fsp3) is 0.625. The molecule has 0 radical (unpaired) electrons. The smallest absolute Gasteiger partial charge is 0.119 e. The summed E-state index contributed by atoms with van der Waals surface area (Å²) in [5, 5.41) is 3.44. The SMILES string of the molecule is CCCNC(COC)COc1ccc2c(c1)CCC2. The number of ether oxygens (including phenoxy) is 2. The molecule has 1 aliphatic carbocycles. The predicted molar refractivity (Wildman–Crippen MR) is 77.9 cm³/mol. The van der Waals surface area contributed by atoms with Crippen LogP contribution in [0.1, 0.15) is 30.9 Å². The molecule has 1 unspecified atom stereocenters. The Morgan fingerprint density at radius 3 is 2.84 bits per heavy atom. The van der Waals surface area contributed by atoms with Gasteiger partial charge in [0.05, 0.1) is 12.6 Å². The van der Waals surface area contributed by atoms with Crippen molar-refractivity contribution in [3.63, 3.8) is 0 Å². The molecule has 106 valence electrons. The van der Waals surface area contributed by atoms with Gasteiger partial charge in [0.1, 0.15) is 12.4 Å². The second-order valence-electron chi connectivity index (χ2n) is 5.20. The second-order valence-corrected chi connectivity index (χ2v) is 5.20. The maximum absolute atomic E-state index is 5.90. The normalized spacial score (nSPS) is 15.3. The van der Waals surface area contributed by atoms with Gasteiger partial charge in [0.15, 0.2) is 0 Å². The highest BCUT2D eigenvalue weighted by molar-refractivity contribution is 5.38. The number of nitrogens with one attached hydrogen (secondary N) is 1. The first kappa shape index (κ1) is 14.4. The number of hydrogen-bond acceptors (Lipinski definition) is 3. The Morgan fingerprint density at radius 2 is 2.05 bits per heavy atom. The van der Waals surface area contributed by atoms with E-state index >= 15 is 0 Å². The number of fused-ring (bicyclic) bond motifs is 1. The van der Waals surface area contributed by atoms with Gasteiger partial charge in [-0.15, -0.1) is 0 Å². The zero-order valence-corrected chi connectivity index (χ0v) is 12.1. The van der Waals surface area contributed by atoms with Crippen LogP contribution in [0.2, 0.25) is 0 Å². The zero-order chi connectivity index (χ0) is 13.5. The fourth-order valence-electron chi connectivity index (χ4n) is 2.55. The van der Waals surface area contributed by atoms with Crippen molar-refractivity contribution in [2.45, 2.75) is 38.6 Å². The first-order valence-corrected chi connectivity index (χ1v) is 7.30. The highest BCUT2D eigenvalue weighted by Crippen LogP contribution is 2.26. The molecule has 0 bridgehead atoms. The predicted octanol–water partition coefficient (Wildman–Crippen LogP) is 2.57. The van der Waals surface area contributed by atoms with Crippen molar-refractivity contribution in [1.82, 2.24) is 5.32 Å². The van der Waals surface area contributed by atoms with Crippen molar-refractivity contribution in [2.75, 3.05) is 26.9 Å². The van der Waals surface area contributed by atoms with Gasteiger partial charge in [0.25, 0.3) is 0 Å². The third-order valence-electron chi connectivity index (χ3n) is 3.57. The van der Waals surface area contributed by atoms with Crippen LogP contribution < -0.4 is 10.1 Å². The first-order chi connectivity index (χ1) is 9.33. The van der Waals surface area contributed by atoms with Crippen LogP contribution in [0.15, 0.2) is 18.2 Å². The van der Waals surface area contributed by atoms with E-state index in [9.17, 15) is 0 Å². The van der Waals surface area contributed by atoms with Crippen LogP contribution in [0.3, 0.4) is 0 Å². The van der Waals surface area contributed by atoms with Crippen LogP contribution in [-0.2, 0) is 17.6 Å². The third kappa shape index (κ3) is 4.22. The highest BCUT2D eigenvalue weighted by atomic mass is 16.5. The van der Waals surface area contributed by atoms with Gasteiger partial charge in [-0.2, -0.15) is 0 Å². The molecule has 3 heteroatoms. The minimum absolute atomic E-state index is 0.262. The molecule has 1 aromatic rings. The molecular weight excluding hydrogens is 238 g/mol. The molecule has 19 heavy (non-hydrogen) atoms. The Morgan fingerprint density at radius 1 is 1.21 bits per heavy atom. The van der Waals surface area contributed by atoms with E-state index in [-0.39, 0.29) is 6.04 Å². The minimum Gasteiger partial charge on any atom is -0.492 e. The first-order valence-electron chi connectivity index (χ1n) is 7.30. The molecular formula is C16H25NO2. The van der Waals surface area contributed by atoms with Gasteiger partial charge in [0.2, 0.25) is 0 Å². The van der Waals surface area contributed by atoms with Crippen molar-refractivity contribution in [3.8, 4) is 5.75 Å². The van der Waals surface area contributed by atoms with Crippen LogP contribution in [0, 0.1) is 0 Å². The van der Waals surface area contributed by atoms with Crippen molar-refractivity contribution in [1.29, 1.82) is 0 Å². The summed E-state index contributed by atoms with van der Waals surface area (Å²) in [6.07, 6.45) is 4.82. The summed E-state index contributed by atoms with van der Waals surface area (Å²) in [4.78, 5) is 0.